The molecule has 5 rings (SSSR count). The first kappa shape index (κ1) is 24.5. The van der Waals surface area contributed by atoms with Crippen LogP contribution < -0.4 is 10.0 Å². The third-order valence-corrected chi connectivity index (χ3v) is 6.96. The Balaban J connectivity index is 1.48. The molecule has 0 amide bonds. The summed E-state index contributed by atoms with van der Waals surface area (Å²) in [6, 6.07) is 13.0. The molecule has 0 aliphatic rings. The molecule has 2 aromatic carbocycles. The van der Waals surface area contributed by atoms with Crippen LogP contribution in [0.25, 0.3) is 22.3 Å². The van der Waals surface area contributed by atoms with Crippen molar-refractivity contribution in [1.82, 2.24) is 15.0 Å². The number of hydrogen-bond donors (Lipinski definition) is 2. The summed E-state index contributed by atoms with van der Waals surface area (Å²) in [5.41, 5.74) is 3.12. The van der Waals surface area contributed by atoms with Gasteiger partial charge in [-0.15, -0.1) is 0 Å². The Bertz CT molecular complexity index is 1770. The van der Waals surface area contributed by atoms with Crippen LogP contribution in [-0.2, 0) is 10.0 Å². The number of hydrogen-bond acceptors (Lipinski definition) is 6. The minimum Gasteiger partial charge on any atom is -0.354 e. The molecule has 0 saturated heterocycles. The Hall–Kier alpha value is -4.22. The number of aromatic nitrogens is 3. The van der Waals surface area contributed by atoms with Crippen molar-refractivity contribution in [2.24, 2.45) is 0 Å². The lowest BCUT2D eigenvalue weighted by Crippen LogP contribution is -2.15. The summed E-state index contributed by atoms with van der Waals surface area (Å²) < 4.78 is 68.3. The summed E-state index contributed by atoms with van der Waals surface area (Å²) in [5, 5.41) is 3.10. The van der Waals surface area contributed by atoms with Crippen LogP contribution >= 0.6 is 11.6 Å². The van der Waals surface area contributed by atoms with Crippen molar-refractivity contribution in [3.63, 3.8) is 0 Å². The lowest BCUT2D eigenvalue weighted by Gasteiger charge is -2.12. The molecule has 5 aromatic rings. The summed E-state index contributed by atoms with van der Waals surface area (Å²) in [4.78, 5) is 12.3. The minimum absolute atomic E-state index is 0.0390. The van der Waals surface area contributed by atoms with Crippen molar-refractivity contribution in [3.05, 3.63) is 102 Å². The van der Waals surface area contributed by atoms with Gasteiger partial charge in [-0.1, -0.05) is 11.6 Å². The first-order chi connectivity index (χ1) is 17.7. The maximum atomic E-state index is 14.1. The molecule has 0 aliphatic heterocycles. The number of sulfonamides is 1. The van der Waals surface area contributed by atoms with Gasteiger partial charge in [0, 0.05) is 29.7 Å². The Labute approximate surface area is 214 Å². The number of benzene rings is 2. The smallest absolute Gasteiger partial charge is 0.264 e. The summed E-state index contributed by atoms with van der Waals surface area (Å²) >= 11 is 5.88. The lowest BCUT2D eigenvalue weighted by molar-refractivity contribution is 0.551. The van der Waals surface area contributed by atoms with E-state index in [4.69, 9.17) is 11.6 Å². The second kappa shape index (κ2) is 9.68. The summed E-state index contributed by atoms with van der Waals surface area (Å²) in [5.74, 6) is -2.66. The number of pyridine rings is 3. The van der Waals surface area contributed by atoms with Gasteiger partial charge in [0.25, 0.3) is 10.0 Å². The van der Waals surface area contributed by atoms with E-state index in [0.29, 0.717) is 39.7 Å². The highest BCUT2D eigenvalue weighted by Gasteiger charge is 2.20. The largest absolute Gasteiger partial charge is 0.354 e. The van der Waals surface area contributed by atoms with E-state index in [-0.39, 0.29) is 10.7 Å². The number of anilines is 3. The fraction of sp³-hybridized carbons (Fsp3) is 0. The van der Waals surface area contributed by atoms with Crippen molar-refractivity contribution in [3.8, 4) is 11.3 Å². The average Bonchev–Trinajstić information content (AvgIpc) is 2.86. The number of nitrogens with zero attached hydrogens (tertiary/aromatic N) is 3. The van der Waals surface area contributed by atoms with Crippen molar-refractivity contribution < 1.29 is 21.6 Å². The van der Waals surface area contributed by atoms with Crippen LogP contribution in [0.15, 0.2) is 84.1 Å². The molecule has 0 atom stereocenters. The highest BCUT2D eigenvalue weighted by molar-refractivity contribution is 7.92. The second-order valence-electron chi connectivity index (χ2n) is 7.82. The van der Waals surface area contributed by atoms with Gasteiger partial charge in [0.2, 0.25) is 0 Å². The second-order valence-corrected chi connectivity index (χ2v) is 9.88. The van der Waals surface area contributed by atoms with E-state index in [2.05, 4.69) is 25.0 Å². The predicted molar refractivity (Wildman–Crippen MR) is 135 cm³/mol. The highest BCUT2D eigenvalue weighted by Crippen LogP contribution is 2.29. The van der Waals surface area contributed by atoms with Crippen molar-refractivity contribution >= 4 is 49.7 Å². The molecule has 0 radical (unpaired) electrons. The number of nitrogens with one attached hydrogen (secondary N) is 2. The zero-order chi connectivity index (χ0) is 26.2. The lowest BCUT2D eigenvalue weighted by atomic mass is 10.1. The average molecular weight is 542 g/mol. The van der Waals surface area contributed by atoms with E-state index < -0.39 is 32.4 Å². The van der Waals surface area contributed by atoms with E-state index in [1.165, 1.54) is 36.7 Å². The Morgan fingerprint density at radius 1 is 0.838 bits per heavy atom. The molecule has 0 fully saturated rings. The zero-order valence-electron chi connectivity index (χ0n) is 18.6. The van der Waals surface area contributed by atoms with Crippen LogP contribution in [0.3, 0.4) is 0 Å². The molecule has 0 aliphatic carbocycles. The maximum Gasteiger partial charge on any atom is 0.264 e. The van der Waals surface area contributed by atoms with Gasteiger partial charge in [0.05, 0.1) is 33.8 Å². The molecule has 3 heterocycles. The first-order valence-corrected chi connectivity index (χ1v) is 12.5. The number of fused-ring (bicyclic) bond motifs is 1. The van der Waals surface area contributed by atoms with Gasteiger partial charge >= 0.3 is 0 Å². The third kappa shape index (κ3) is 5.18. The SMILES string of the molecule is O=S(=O)(Nc1cncc(-c2ccc3nccc(Nc4ccc(F)c(Cl)c4)c3n2)c1)c1ccc(F)cc1F. The van der Waals surface area contributed by atoms with Crippen molar-refractivity contribution in [2.45, 2.75) is 4.90 Å². The molecule has 0 bridgehead atoms. The Kier molecular flexibility index (Phi) is 6.40. The fourth-order valence-electron chi connectivity index (χ4n) is 3.56. The van der Waals surface area contributed by atoms with Crippen LogP contribution in [-0.4, -0.2) is 23.4 Å². The van der Waals surface area contributed by atoms with E-state index >= 15 is 0 Å². The van der Waals surface area contributed by atoms with Crippen molar-refractivity contribution in [2.75, 3.05) is 10.0 Å². The molecule has 12 heteroatoms. The van der Waals surface area contributed by atoms with Gasteiger partial charge < -0.3 is 5.32 Å². The summed E-state index contributed by atoms with van der Waals surface area (Å²) in [7, 11) is -4.35. The number of halogens is 4. The molecule has 3 aromatic heterocycles. The normalized spacial score (nSPS) is 11.5. The molecule has 7 nitrogen and oxygen atoms in total. The highest BCUT2D eigenvalue weighted by atomic mass is 35.5. The monoisotopic (exact) mass is 541 g/mol. The molecule has 2 N–H and O–H groups in total. The van der Waals surface area contributed by atoms with E-state index in [1.807, 2.05) is 0 Å². The van der Waals surface area contributed by atoms with Crippen LogP contribution in [0.2, 0.25) is 5.02 Å². The topological polar surface area (TPSA) is 96.9 Å². The van der Waals surface area contributed by atoms with Gasteiger partial charge in [0.1, 0.15) is 27.9 Å². The molecule has 0 spiro atoms. The van der Waals surface area contributed by atoms with Crippen molar-refractivity contribution in [1.29, 1.82) is 0 Å². The van der Waals surface area contributed by atoms with E-state index in [9.17, 15) is 21.6 Å². The third-order valence-electron chi connectivity index (χ3n) is 5.25. The summed E-state index contributed by atoms with van der Waals surface area (Å²) in [6.07, 6.45) is 4.31. The standard InChI is InChI=1S/C25H15ClF3N5O2S/c26-18-11-16(2-3-19(18)28)32-23-7-8-31-22-5-4-21(33-25(22)23)14-9-17(13-30-12-14)34-37(35,36)24-6-1-15(27)10-20(24)29/h1-13,34H,(H,31,32). The van der Waals surface area contributed by atoms with Gasteiger partial charge in [-0.2, -0.15) is 0 Å². The van der Waals surface area contributed by atoms with E-state index in [0.717, 1.165) is 12.1 Å². The first-order valence-electron chi connectivity index (χ1n) is 10.6. The van der Waals surface area contributed by atoms with Gasteiger partial charge in [0.15, 0.2) is 0 Å². The maximum absolute atomic E-state index is 14.1. The predicted octanol–water partition coefficient (Wildman–Crippen LogP) is 6.31. The van der Waals surface area contributed by atoms with Crippen LogP contribution in [0.1, 0.15) is 0 Å². The van der Waals surface area contributed by atoms with Gasteiger partial charge in [-0.05, 0) is 54.6 Å². The van der Waals surface area contributed by atoms with Crippen LogP contribution in [0.5, 0.6) is 0 Å². The number of rotatable bonds is 6. The fourth-order valence-corrected chi connectivity index (χ4v) is 4.83. The van der Waals surface area contributed by atoms with Crippen LogP contribution in [0.4, 0.5) is 30.2 Å². The quantitative estimate of drug-likeness (QED) is 0.261. The van der Waals surface area contributed by atoms with E-state index in [1.54, 1.807) is 24.4 Å². The van der Waals surface area contributed by atoms with Gasteiger partial charge in [-0.3, -0.25) is 14.7 Å². The molecule has 37 heavy (non-hydrogen) atoms. The Morgan fingerprint density at radius 2 is 1.68 bits per heavy atom. The zero-order valence-corrected chi connectivity index (χ0v) is 20.2. The molecule has 186 valence electrons. The summed E-state index contributed by atoms with van der Waals surface area (Å²) in [6.45, 7) is 0. The Morgan fingerprint density at radius 3 is 2.46 bits per heavy atom. The van der Waals surface area contributed by atoms with Crippen LogP contribution in [0, 0.1) is 17.5 Å². The van der Waals surface area contributed by atoms with Gasteiger partial charge in [-0.25, -0.2) is 26.6 Å². The minimum atomic E-state index is -4.35. The molecular weight excluding hydrogens is 527 g/mol. The molecule has 0 saturated carbocycles. The molecule has 0 unspecified atom stereocenters. The molecular formula is C25H15ClF3N5O2S.